The van der Waals surface area contributed by atoms with Gasteiger partial charge in [-0.05, 0) is 36.2 Å². The Morgan fingerprint density at radius 2 is 1.91 bits per heavy atom. The standard InChI is InChI=1S/C20H16N2S/c1-2-5-13-9-10-14-15-6-3-7-17-19(15)22(16(14)12-13)20-18(23-17)8-4-11-21-20/h3-4,6-12H,2,5H2,1H3. The minimum absolute atomic E-state index is 1.06. The summed E-state index contributed by atoms with van der Waals surface area (Å²) in [5, 5.41) is 2.64. The summed E-state index contributed by atoms with van der Waals surface area (Å²) in [4.78, 5) is 7.23. The highest BCUT2D eigenvalue weighted by Gasteiger charge is 2.23. The average Bonchev–Trinajstić information content (AvgIpc) is 2.92. The number of nitrogens with zero attached hydrogens (tertiary/aromatic N) is 2. The summed E-state index contributed by atoms with van der Waals surface area (Å²) in [5.41, 5.74) is 3.97. The van der Waals surface area contributed by atoms with Crippen LogP contribution >= 0.6 is 11.8 Å². The molecule has 0 spiro atoms. The van der Waals surface area contributed by atoms with Gasteiger partial charge in [0, 0.05) is 21.9 Å². The Hall–Kier alpha value is -2.26. The van der Waals surface area contributed by atoms with Crippen molar-refractivity contribution in [3.8, 4) is 5.82 Å². The SMILES string of the molecule is CCCc1ccc2c3cccc4c3n(c2c1)-c1ncccc1S4. The number of benzene rings is 2. The molecule has 2 aromatic heterocycles. The van der Waals surface area contributed by atoms with Crippen LogP contribution in [0.4, 0.5) is 0 Å². The second-order valence-electron chi connectivity index (χ2n) is 6.02. The van der Waals surface area contributed by atoms with Crippen molar-refractivity contribution in [1.82, 2.24) is 9.55 Å². The number of fused-ring (bicyclic) bond motifs is 5. The van der Waals surface area contributed by atoms with Gasteiger partial charge >= 0.3 is 0 Å². The smallest absolute Gasteiger partial charge is 0.151 e. The lowest BCUT2D eigenvalue weighted by atomic mass is 10.1. The third-order valence-corrected chi connectivity index (χ3v) is 5.63. The number of para-hydroxylation sites is 1. The lowest BCUT2D eigenvalue weighted by Crippen LogP contribution is -2.03. The topological polar surface area (TPSA) is 17.8 Å². The Morgan fingerprint density at radius 3 is 2.83 bits per heavy atom. The summed E-state index contributed by atoms with van der Waals surface area (Å²) < 4.78 is 2.35. The van der Waals surface area contributed by atoms with E-state index in [0.29, 0.717) is 0 Å². The summed E-state index contributed by atoms with van der Waals surface area (Å²) in [5.74, 6) is 1.06. The van der Waals surface area contributed by atoms with Crippen molar-refractivity contribution in [2.24, 2.45) is 0 Å². The van der Waals surface area contributed by atoms with Crippen LogP contribution in [0.2, 0.25) is 0 Å². The molecule has 112 valence electrons. The third-order valence-electron chi connectivity index (χ3n) is 4.54. The van der Waals surface area contributed by atoms with Crippen LogP contribution in [-0.2, 0) is 6.42 Å². The van der Waals surface area contributed by atoms with E-state index < -0.39 is 0 Å². The van der Waals surface area contributed by atoms with Crippen molar-refractivity contribution >= 4 is 33.6 Å². The van der Waals surface area contributed by atoms with E-state index in [2.05, 4.69) is 58.9 Å². The molecule has 1 aliphatic heterocycles. The van der Waals surface area contributed by atoms with Gasteiger partial charge < -0.3 is 0 Å². The first kappa shape index (κ1) is 13.2. The van der Waals surface area contributed by atoms with E-state index in [1.54, 1.807) is 0 Å². The number of hydrogen-bond donors (Lipinski definition) is 0. The van der Waals surface area contributed by atoms with Crippen LogP contribution in [-0.4, -0.2) is 9.55 Å². The van der Waals surface area contributed by atoms with Gasteiger partial charge in [0.25, 0.3) is 0 Å². The third kappa shape index (κ3) is 1.80. The maximum absolute atomic E-state index is 4.68. The van der Waals surface area contributed by atoms with Crippen molar-refractivity contribution in [3.05, 3.63) is 60.3 Å². The lowest BCUT2D eigenvalue weighted by molar-refractivity contribution is 0.921. The Labute approximate surface area is 139 Å². The van der Waals surface area contributed by atoms with Gasteiger partial charge in [-0.25, -0.2) is 4.98 Å². The maximum atomic E-state index is 4.68. The molecule has 1 aliphatic rings. The Morgan fingerprint density at radius 1 is 1.00 bits per heavy atom. The summed E-state index contributed by atoms with van der Waals surface area (Å²) in [6.45, 7) is 2.23. The predicted octanol–water partition coefficient (Wildman–Crippen LogP) is 5.60. The van der Waals surface area contributed by atoms with E-state index >= 15 is 0 Å². The normalized spacial score (nSPS) is 12.7. The van der Waals surface area contributed by atoms with Gasteiger partial charge in [0.15, 0.2) is 5.82 Å². The molecule has 0 aliphatic carbocycles. The van der Waals surface area contributed by atoms with Crippen LogP contribution in [0.25, 0.3) is 27.6 Å². The van der Waals surface area contributed by atoms with Crippen LogP contribution in [0.15, 0.2) is 64.5 Å². The summed E-state index contributed by atoms with van der Waals surface area (Å²) in [6.07, 6.45) is 4.18. The molecule has 3 heteroatoms. The molecule has 0 unspecified atom stereocenters. The van der Waals surface area contributed by atoms with E-state index in [1.165, 1.54) is 43.6 Å². The van der Waals surface area contributed by atoms with Crippen LogP contribution in [0.5, 0.6) is 0 Å². The largest absolute Gasteiger partial charge is 0.292 e. The number of aryl methyl sites for hydroxylation is 1. The van der Waals surface area contributed by atoms with Crippen LogP contribution in [0, 0.1) is 0 Å². The first-order valence-electron chi connectivity index (χ1n) is 8.06. The molecule has 5 rings (SSSR count). The maximum Gasteiger partial charge on any atom is 0.151 e. The van der Waals surface area contributed by atoms with Crippen molar-refractivity contribution in [1.29, 1.82) is 0 Å². The minimum atomic E-state index is 1.06. The summed E-state index contributed by atoms with van der Waals surface area (Å²) >= 11 is 1.82. The molecule has 3 heterocycles. The van der Waals surface area contributed by atoms with Crippen molar-refractivity contribution in [2.45, 2.75) is 29.6 Å². The fourth-order valence-corrected chi connectivity index (χ4v) is 4.64. The first-order valence-corrected chi connectivity index (χ1v) is 8.88. The van der Waals surface area contributed by atoms with Crippen LogP contribution in [0.3, 0.4) is 0 Å². The van der Waals surface area contributed by atoms with Gasteiger partial charge in [0.1, 0.15) is 0 Å². The van der Waals surface area contributed by atoms with Gasteiger partial charge in [-0.15, -0.1) is 0 Å². The highest BCUT2D eigenvalue weighted by atomic mass is 32.2. The van der Waals surface area contributed by atoms with E-state index in [-0.39, 0.29) is 0 Å². The molecule has 0 saturated heterocycles. The zero-order chi connectivity index (χ0) is 15.4. The molecule has 0 fully saturated rings. The Balaban J connectivity index is 1.97. The van der Waals surface area contributed by atoms with Gasteiger partial charge in [0.2, 0.25) is 0 Å². The summed E-state index contributed by atoms with van der Waals surface area (Å²) in [7, 11) is 0. The number of aromatic nitrogens is 2. The molecule has 0 N–H and O–H groups in total. The van der Waals surface area contributed by atoms with Crippen LogP contribution in [0.1, 0.15) is 18.9 Å². The highest BCUT2D eigenvalue weighted by molar-refractivity contribution is 7.99. The molecule has 0 radical (unpaired) electrons. The molecule has 0 atom stereocenters. The highest BCUT2D eigenvalue weighted by Crippen LogP contribution is 2.45. The molecule has 2 nitrogen and oxygen atoms in total. The zero-order valence-electron chi connectivity index (χ0n) is 12.9. The monoisotopic (exact) mass is 316 g/mol. The number of pyridine rings is 1. The predicted molar refractivity (Wildman–Crippen MR) is 96.7 cm³/mol. The van der Waals surface area contributed by atoms with E-state index in [1.807, 2.05) is 24.0 Å². The molecular formula is C20H16N2S. The second-order valence-corrected chi connectivity index (χ2v) is 7.10. The zero-order valence-corrected chi connectivity index (χ0v) is 13.7. The van der Waals surface area contributed by atoms with Gasteiger partial charge in [0.05, 0.1) is 15.9 Å². The minimum Gasteiger partial charge on any atom is -0.292 e. The van der Waals surface area contributed by atoms with Crippen LogP contribution < -0.4 is 0 Å². The van der Waals surface area contributed by atoms with Crippen molar-refractivity contribution in [3.63, 3.8) is 0 Å². The molecule has 0 amide bonds. The molecule has 0 bridgehead atoms. The van der Waals surface area contributed by atoms with Gasteiger partial charge in [-0.1, -0.05) is 49.4 Å². The number of hydrogen-bond acceptors (Lipinski definition) is 2. The lowest BCUT2D eigenvalue weighted by Gasteiger charge is -2.18. The van der Waals surface area contributed by atoms with E-state index in [9.17, 15) is 0 Å². The van der Waals surface area contributed by atoms with Gasteiger partial charge in [-0.3, -0.25) is 4.57 Å². The van der Waals surface area contributed by atoms with Gasteiger partial charge in [-0.2, -0.15) is 0 Å². The number of rotatable bonds is 2. The Bertz CT molecular complexity index is 1060. The van der Waals surface area contributed by atoms with Crippen molar-refractivity contribution in [2.75, 3.05) is 0 Å². The average molecular weight is 316 g/mol. The molecule has 4 aromatic rings. The molecular weight excluding hydrogens is 300 g/mol. The van der Waals surface area contributed by atoms with E-state index in [4.69, 9.17) is 0 Å². The molecule has 23 heavy (non-hydrogen) atoms. The molecule has 2 aromatic carbocycles. The second kappa shape index (κ2) is 4.87. The summed E-state index contributed by atoms with van der Waals surface area (Å²) in [6, 6.07) is 17.7. The fraction of sp³-hybridized carbons (Fsp3) is 0.150. The van der Waals surface area contributed by atoms with Crippen molar-refractivity contribution < 1.29 is 0 Å². The quantitative estimate of drug-likeness (QED) is 0.422. The van der Waals surface area contributed by atoms with E-state index in [0.717, 1.165) is 12.2 Å². The fourth-order valence-electron chi connectivity index (χ4n) is 3.58. The Kier molecular flexibility index (Phi) is 2.79. The molecule has 0 saturated carbocycles. The first-order chi connectivity index (χ1) is 11.4.